The molecule has 0 aromatic rings. The monoisotopic (exact) mass is 208 g/mol. The minimum atomic E-state index is -0.738. The van der Waals surface area contributed by atoms with Gasteiger partial charge in [0, 0.05) is 6.42 Å². The van der Waals surface area contributed by atoms with Gasteiger partial charge in [-0.05, 0) is 19.4 Å². The quantitative estimate of drug-likeness (QED) is 0.492. The molecule has 2 bridgehead atoms. The van der Waals surface area contributed by atoms with E-state index in [4.69, 9.17) is 9.47 Å². The third-order valence-corrected chi connectivity index (χ3v) is 3.66. The molecule has 0 radical (unpaired) electrons. The molecule has 2 fully saturated rings. The van der Waals surface area contributed by atoms with Gasteiger partial charge in [0.05, 0.1) is 6.10 Å². The van der Waals surface area contributed by atoms with Gasteiger partial charge in [0.2, 0.25) is 0 Å². The molecule has 15 heavy (non-hydrogen) atoms. The van der Waals surface area contributed by atoms with Gasteiger partial charge in [-0.2, -0.15) is 0 Å². The number of ether oxygens (including phenoxy) is 2. The van der Waals surface area contributed by atoms with Crippen molar-refractivity contribution in [3.63, 3.8) is 0 Å². The number of hydrogen-bond acceptors (Lipinski definition) is 4. The molecule has 0 aromatic heterocycles. The summed E-state index contributed by atoms with van der Waals surface area (Å²) in [6.45, 7) is 1.76. The van der Waals surface area contributed by atoms with E-state index in [-0.39, 0.29) is 30.9 Å². The highest BCUT2D eigenvalue weighted by atomic mass is 16.6. The van der Waals surface area contributed by atoms with Crippen molar-refractivity contribution in [1.82, 2.24) is 0 Å². The highest BCUT2D eigenvalue weighted by Gasteiger charge is 2.70. The summed E-state index contributed by atoms with van der Waals surface area (Å²) in [7, 11) is 0. The molecule has 3 rings (SSSR count). The Labute approximate surface area is 87.2 Å². The van der Waals surface area contributed by atoms with Gasteiger partial charge >= 0.3 is 5.97 Å². The van der Waals surface area contributed by atoms with E-state index in [1.807, 2.05) is 12.2 Å². The summed E-state index contributed by atoms with van der Waals surface area (Å²) in [5.41, 5.74) is -1.39. The first-order valence-corrected chi connectivity index (χ1v) is 5.12. The van der Waals surface area contributed by atoms with Crippen molar-refractivity contribution >= 4 is 11.8 Å². The van der Waals surface area contributed by atoms with Gasteiger partial charge in [-0.15, -0.1) is 0 Å². The van der Waals surface area contributed by atoms with Gasteiger partial charge in [0.15, 0.2) is 0 Å². The first kappa shape index (κ1) is 9.09. The van der Waals surface area contributed by atoms with Gasteiger partial charge in [-0.1, -0.05) is 6.08 Å². The highest BCUT2D eigenvalue weighted by Crippen LogP contribution is 2.58. The molecule has 80 valence electrons. The van der Waals surface area contributed by atoms with Crippen LogP contribution in [0.2, 0.25) is 0 Å². The van der Waals surface area contributed by atoms with Crippen LogP contribution in [0.3, 0.4) is 0 Å². The molecule has 3 aliphatic rings. The van der Waals surface area contributed by atoms with Crippen molar-refractivity contribution in [2.75, 3.05) is 6.61 Å². The van der Waals surface area contributed by atoms with Crippen molar-refractivity contribution in [3.8, 4) is 0 Å². The molecule has 2 saturated heterocycles. The lowest BCUT2D eigenvalue weighted by Gasteiger charge is -2.30. The van der Waals surface area contributed by atoms with Crippen molar-refractivity contribution in [1.29, 1.82) is 0 Å². The first-order valence-electron chi connectivity index (χ1n) is 5.12. The van der Waals surface area contributed by atoms with E-state index < -0.39 is 11.0 Å². The predicted molar refractivity (Wildman–Crippen MR) is 50.1 cm³/mol. The standard InChI is InChI=1S/C11H12O4/c1-7(12)4-10-5-8-2-3-11(10,15-8)6-14-9(10)13/h2-3,8H,4-6H2,1H3/t8-,10+,11-/m1/s1. The van der Waals surface area contributed by atoms with Crippen LogP contribution in [-0.4, -0.2) is 30.1 Å². The second kappa shape index (κ2) is 2.50. The van der Waals surface area contributed by atoms with Gasteiger partial charge in [-0.25, -0.2) is 0 Å². The van der Waals surface area contributed by atoms with E-state index in [9.17, 15) is 9.59 Å². The van der Waals surface area contributed by atoms with E-state index in [2.05, 4.69) is 0 Å². The molecule has 0 saturated carbocycles. The average Bonchev–Trinajstić information content (AvgIpc) is 2.75. The maximum absolute atomic E-state index is 11.8. The largest absolute Gasteiger partial charge is 0.462 e. The zero-order chi connectivity index (χ0) is 10.7. The summed E-state index contributed by atoms with van der Waals surface area (Å²) in [6.07, 6.45) is 4.65. The Morgan fingerprint density at radius 3 is 3.13 bits per heavy atom. The number of Topliss-reactive ketones (excluding diaryl/α,β-unsaturated/α-hetero) is 1. The number of esters is 1. The van der Waals surface area contributed by atoms with Crippen LogP contribution >= 0.6 is 0 Å². The zero-order valence-corrected chi connectivity index (χ0v) is 8.49. The van der Waals surface area contributed by atoms with Crippen molar-refractivity contribution in [2.24, 2.45) is 5.41 Å². The van der Waals surface area contributed by atoms with Crippen LogP contribution in [0.4, 0.5) is 0 Å². The second-order valence-electron chi connectivity index (χ2n) is 4.65. The molecule has 3 atom stereocenters. The normalized spacial score (nSPS) is 45.7. The molecule has 4 nitrogen and oxygen atoms in total. The lowest BCUT2D eigenvalue weighted by molar-refractivity contribution is -0.148. The Hall–Kier alpha value is -1.16. The number of ketones is 1. The molecular formula is C11H12O4. The van der Waals surface area contributed by atoms with Gasteiger partial charge in [-0.3, -0.25) is 9.59 Å². The minimum absolute atomic E-state index is 0.0118. The summed E-state index contributed by atoms with van der Waals surface area (Å²) < 4.78 is 10.8. The number of carbonyl (C=O) groups excluding carboxylic acids is 2. The van der Waals surface area contributed by atoms with Gasteiger partial charge in [0.25, 0.3) is 0 Å². The second-order valence-corrected chi connectivity index (χ2v) is 4.65. The Morgan fingerprint density at radius 1 is 1.67 bits per heavy atom. The fourth-order valence-corrected chi connectivity index (χ4v) is 3.02. The maximum Gasteiger partial charge on any atom is 0.316 e. The highest BCUT2D eigenvalue weighted by molar-refractivity contribution is 5.89. The van der Waals surface area contributed by atoms with Crippen LogP contribution in [-0.2, 0) is 19.1 Å². The third kappa shape index (κ3) is 0.905. The molecule has 4 heteroatoms. The maximum atomic E-state index is 11.8. The molecule has 3 aliphatic heterocycles. The van der Waals surface area contributed by atoms with E-state index in [1.165, 1.54) is 6.92 Å². The lowest BCUT2D eigenvalue weighted by Crippen LogP contribution is -2.45. The van der Waals surface area contributed by atoms with Crippen LogP contribution in [0, 0.1) is 5.41 Å². The van der Waals surface area contributed by atoms with Gasteiger partial charge < -0.3 is 9.47 Å². The number of rotatable bonds is 2. The summed E-state index contributed by atoms with van der Waals surface area (Å²) in [4.78, 5) is 23.1. The number of carbonyl (C=O) groups is 2. The van der Waals surface area contributed by atoms with E-state index in [0.717, 1.165) is 0 Å². The van der Waals surface area contributed by atoms with Crippen molar-refractivity contribution in [2.45, 2.75) is 31.5 Å². The number of cyclic esters (lactones) is 1. The smallest absolute Gasteiger partial charge is 0.316 e. The fraction of sp³-hybridized carbons (Fsp3) is 0.636. The third-order valence-electron chi connectivity index (χ3n) is 3.66. The molecule has 3 heterocycles. The summed E-state index contributed by atoms with van der Waals surface area (Å²) in [5, 5.41) is 0. The predicted octanol–water partition coefficient (Wildman–Crippen LogP) is 0.606. The van der Waals surface area contributed by atoms with Crippen LogP contribution in [0.25, 0.3) is 0 Å². The molecular weight excluding hydrogens is 196 g/mol. The first-order chi connectivity index (χ1) is 7.08. The van der Waals surface area contributed by atoms with Crippen molar-refractivity contribution in [3.05, 3.63) is 12.2 Å². The minimum Gasteiger partial charge on any atom is -0.462 e. The molecule has 0 amide bonds. The van der Waals surface area contributed by atoms with Crippen molar-refractivity contribution < 1.29 is 19.1 Å². The Balaban J connectivity index is 2.07. The topological polar surface area (TPSA) is 52.6 Å². The average molecular weight is 208 g/mol. The Kier molecular flexibility index (Phi) is 1.51. The van der Waals surface area contributed by atoms with E-state index in [1.54, 1.807) is 0 Å². The van der Waals surface area contributed by atoms with Crippen LogP contribution in [0.15, 0.2) is 12.2 Å². The summed E-state index contributed by atoms with van der Waals surface area (Å²) in [5.74, 6) is -0.262. The summed E-state index contributed by atoms with van der Waals surface area (Å²) >= 11 is 0. The van der Waals surface area contributed by atoms with Crippen LogP contribution < -0.4 is 0 Å². The fourth-order valence-electron chi connectivity index (χ4n) is 3.02. The lowest BCUT2D eigenvalue weighted by atomic mass is 9.67. The Morgan fingerprint density at radius 2 is 2.47 bits per heavy atom. The molecule has 0 aromatic carbocycles. The number of hydrogen-bond donors (Lipinski definition) is 0. The molecule has 0 unspecified atom stereocenters. The van der Waals surface area contributed by atoms with Gasteiger partial charge in [0.1, 0.15) is 23.4 Å². The number of fused-ring (bicyclic) bond motifs is 1. The Bertz CT molecular complexity index is 386. The summed E-state index contributed by atoms with van der Waals surface area (Å²) in [6, 6.07) is 0. The van der Waals surface area contributed by atoms with Crippen LogP contribution in [0.5, 0.6) is 0 Å². The molecule has 0 N–H and O–H groups in total. The zero-order valence-electron chi connectivity index (χ0n) is 8.49. The molecule has 0 aliphatic carbocycles. The van der Waals surface area contributed by atoms with Crippen LogP contribution in [0.1, 0.15) is 19.8 Å². The van der Waals surface area contributed by atoms with E-state index >= 15 is 0 Å². The molecule has 1 spiro atoms. The SMILES string of the molecule is CC(=O)C[C@@]12C[C@H]3C=C[C@]1(COC2=O)O3. The van der Waals surface area contributed by atoms with E-state index in [0.29, 0.717) is 6.42 Å².